The zero-order chi connectivity index (χ0) is 17.7. The highest BCUT2D eigenvalue weighted by Crippen LogP contribution is 2.19. The lowest BCUT2D eigenvalue weighted by molar-refractivity contribution is -0.185. The van der Waals surface area contributed by atoms with Crippen LogP contribution in [0, 0.1) is 5.82 Å². The molecular formula is C16H18F4N2O2. The average molecular weight is 346 g/mol. The second-order valence-electron chi connectivity index (χ2n) is 5.65. The van der Waals surface area contributed by atoms with Crippen molar-refractivity contribution in [2.75, 3.05) is 26.2 Å². The van der Waals surface area contributed by atoms with Crippen LogP contribution in [0.3, 0.4) is 0 Å². The normalized spacial score (nSPS) is 16.0. The Hall–Kier alpha value is -2.12. The Morgan fingerprint density at radius 3 is 2.17 bits per heavy atom. The average Bonchev–Trinajstić information content (AvgIpc) is 2.78. The van der Waals surface area contributed by atoms with E-state index < -0.39 is 12.1 Å². The van der Waals surface area contributed by atoms with Crippen LogP contribution in [-0.4, -0.2) is 54.0 Å². The van der Waals surface area contributed by atoms with Gasteiger partial charge in [0.25, 0.3) is 0 Å². The third kappa shape index (κ3) is 4.94. The van der Waals surface area contributed by atoms with E-state index in [1.165, 1.54) is 17.0 Å². The van der Waals surface area contributed by atoms with Gasteiger partial charge in [-0.2, -0.15) is 13.2 Å². The number of hydrogen-bond donors (Lipinski definition) is 0. The van der Waals surface area contributed by atoms with E-state index in [1.54, 1.807) is 12.1 Å². The minimum absolute atomic E-state index is 0.0138. The molecule has 1 aliphatic rings. The summed E-state index contributed by atoms with van der Waals surface area (Å²) in [6, 6.07) is 5.81. The van der Waals surface area contributed by atoms with Crippen LogP contribution < -0.4 is 0 Å². The molecule has 8 heteroatoms. The van der Waals surface area contributed by atoms with E-state index in [0.29, 0.717) is 19.4 Å². The number of amides is 2. The van der Waals surface area contributed by atoms with Crippen LogP contribution in [0.4, 0.5) is 17.6 Å². The molecule has 1 saturated heterocycles. The standard InChI is InChI=1S/C16H18F4N2O2/c17-13-5-2-12(3-6-13)4-7-14(23)21-8-1-9-22(11-10-21)15(24)16(18,19)20/h2-3,5-6H,1,4,7-11H2. The minimum atomic E-state index is -4.89. The molecule has 0 spiro atoms. The quantitative estimate of drug-likeness (QED) is 0.789. The minimum Gasteiger partial charge on any atom is -0.341 e. The van der Waals surface area contributed by atoms with Crippen LogP contribution in [0.5, 0.6) is 0 Å². The predicted octanol–water partition coefficient (Wildman–Crippen LogP) is 2.38. The van der Waals surface area contributed by atoms with Crippen LogP contribution in [0.15, 0.2) is 24.3 Å². The molecule has 1 aromatic rings. The largest absolute Gasteiger partial charge is 0.471 e. The van der Waals surface area contributed by atoms with Crippen LogP contribution in [-0.2, 0) is 16.0 Å². The Kier molecular flexibility index (Phi) is 5.80. The molecular weight excluding hydrogens is 328 g/mol. The molecule has 0 aliphatic carbocycles. The van der Waals surface area contributed by atoms with Gasteiger partial charge in [-0.05, 0) is 30.5 Å². The number of nitrogens with zero attached hydrogens (tertiary/aromatic N) is 2. The molecule has 0 N–H and O–H groups in total. The number of carbonyl (C=O) groups is 2. The molecule has 24 heavy (non-hydrogen) atoms. The van der Waals surface area contributed by atoms with E-state index in [4.69, 9.17) is 0 Å². The summed E-state index contributed by atoms with van der Waals surface area (Å²) in [6.45, 7) is 0.272. The van der Waals surface area contributed by atoms with Crippen molar-refractivity contribution in [3.63, 3.8) is 0 Å². The number of hydrogen-bond acceptors (Lipinski definition) is 2. The zero-order valence-corrected chi connectivity index (χ0v) is 13.0. The molecule has 132 valence electrons. The molecule has 1 fully saturated rings. The molecule has 1 heterocycles. The molecule has 0 unspecified atom stereocenters. The Morgan fingerprint density at radius 1 is 0.958 bits per heavy atom. The maximum Gasteiger partial charge on any atom is 0.471 e. The lowest BCUT2D eigenvalue weighted by Gasteiger charge is -2.23. The van der Waals surface area contributed by atoms with E-state index >= 15 is 0 Å². The van der Waals surface area contributed by atoms with Crippen LogP contribution in [0.1, 0.15) is 18.4 Å². The molecule has 2 amide bonds. The first kappa shape index (κ1) is 18.2. The van der Waals surface area contributed by atoms with Gasteiger partial charge in [-0.15, -0.1) is 0 Å². The monoisotopic (exact) mass is 346 g/mol. The van der Waals surface area contributed by atoms with Crippen molar-refractivity contribution >= 4 is 11.8 Å². The molecule has 2 rings (SSSR count). The van der Waals surface area contributed by atoms with E-state index in [9.17, 15) is 27.2 Å². The highest BCUT2D eigenvalue weighted by molar-refractivity contribution is 5.82. The summed E-state index contributed by atoms with van der Waals surface area (Å²) in [5, 5.41) is 0. The van der Waals surface area contributed by atoms with Crippen molar-refractivity contribution in [3.8, 4) is 0 Å². The van der Waals surface area contributed by atoms with Crippen molar-refractivity contribution in [2.45, 2.75) is 25.4 Å². The number of aryl methyl sites for hydroxylation is 1. The van der Waals surface area contributed by atoms with Crippen molar-refractivity contribution in [2.24, 2.45) is 0 Å². The van der Waals surface area contributed by atoms with Crippen LogP contribution >= 0.6 is 0 Å². The number of alkyl halides is 3. The van der Waals surface area contributed by atoms with E-state index in [0.717, 1.165) is 10.5 Å². The second kappa shape index (κ2) is 7.63. The van der Waals surface area contributed by atoms with Gasteiger partial charge in [0, 0.05) is 32.6 Å². The lowest BCUT2D eigenvalue weighted by atomic mass is 10.1. The lowest BCUT2D eigenvalue weighted by Crippen LogP contribution is -2.43. The topological polar surface area (TPSA) is 40.6 Å². The molecule has 1 aromatic carbocycles. The summed E-state index contributed by atoms with van der Waals surface area (Å²) in [7, 11) is 0. The summed E-state index contributed by atoms with van der Waals surface area (Å²) in [6.07, 6.45) is -3.95. The smallest absolute Gasteiger partial charge is 0.341 e. The highest BCUT2D eigenvalue weighted by Gasteiger charge is 2.42. The van der Waals surface area contributed by atoms with Gasteiger partial charge in [-0.1, -0.05) is 12.1 Å². The molecule has 4 nitrogen and oxygen atoms in total. The van der Waals surface area contributed by atoms with Crippen molar-refractivity contribution < 1.29 is 27.2 Å². The first-order chi connectivity index (χ1) is 11.3. The maximum absolute atomic E-state index is 12.8. The third-order valence-corrected chi connectivity index (χ3v) is 3.92. The maximum atomic E-state index is 12.8. The highest BCUT2D eigenvalue weighted by atomic mass is 19.4. The van der Waals surface area contributed by atoms with Crippen molar-refractivity contribution in [3.05, 3.63) is 35.6 Å². The first-order valence-corrected chi connectivity index (χ1v) is 7.65. The molecule has 0 aromatic heterocycles. The summed E-state index contributed by atoms with van der Waals surface area (Å²) < 4.78 is 50.2. The summed E-state index contributed by atoms with van der Waals surface area (Å²) in [4.78, 5) is 25.7. The van der Waals surface area contributed by atoms with Gasteiger partial charge >= 0.3 is 12.1 Å². The van der Waals surface area contributed by atoms with E-state index in [1.807, 2.05) is 0 Å². The van der Waals surface area contributed by atoms with Gasteiger partial charge in [-0.25, -0.2) is 4.39 Å². The van der Waals surface area contributed by atoms with Crippen LogP contribution in [0.25, 0.3) is 0 Å². The predicted molar refractivity (Wildman–Crippen MR) is 78.6 cm³/mol. The van der Waals surface area contributed by atoms with E-state index in [2.05, 4.69) is 0 Å². The third-order valence-electron chi connectivity index (χ3n) is 3.92. The van der Waals surface area contributed by atoms with Gasteiger partial charge in [-0.3, -0.25) is 9.59 Å². The zero-order valence-electron chi connectivity index (χ0n) is 13.0. The second-order valence-corrected chi connectivity index (χ2v) is 5.65. The number of carbonyl (C=O) groups excluding carboxylic acids is 2. The first-order valence-electron chi connectivity index (χ1n) is 7.65. The fourth-order valence-electron chi connectivity index (χ4n) is 2.61. The summed E-state index contributed by atoms with van der Waals surface area (Å²) in [5.74, 6) is -2.39. The Balaban J connectivity index is 1.85. The number of benzene rings is 1. The Labute approximate surface area is 137 Å². The van der Waals surface area contributed by atoms with Gasteiger partial charge in [0.2, 0.25) is 5.91 Å². The van der Waals surface area contributed by atoms with Crippen molar-refractivity contribution in [1.29, 1.82) is 0 Å². The van der Waals surface area contributed by atoms with Crippen molar-refractivity contribution in [1.82, 2.24) is 9.80 Å². The van der Waals surface area contributed by atoms with Crippen LogP contribution in [0.2, 0.25) is 0 Å². The molecule has 0 radical (unpaired) electrons. The van der Waals surface area contributed by atoms with Gasteiger partial charge in [0.05, 0.1) is 0 Å². The number of halogens is 4. The molecule has 0 saturated carbocycles. The van der Waals surface area contributed by atoms with Gasteiger partial charge in [0.15, 0.2) is 0 Å². The summed E-state index contributed by atoms with van der Waals surface area (Å²) in [5.41, 5.74) is 0.813. The molecule has 0 atom stereocenters. The molecule has 0 bridgehead atoms. The summed E-state index contributed by atoms with van der Waals surface area (Å²) >= 11 is 0. The Bertz CT molecular complexity index is 587. The molecule has 1 aliphatic heterocycles. The number of rotatable bonds is 3. The fourth-order valence-corrected chi connectivity index (χ4v) is 2.61. The fraction of sp³-hybridized carbons (Fsp3) is 0.500. The van der Waals surface area contributed by atoms with Gasteiger partial charge < -0.3 is 9.80 Å². The van der Waals surface area contributed by atoms with E-state index in [-0.39, 0.29) is 37.8 Å². The Morgan fingerprint density at radius 2 is 1.54 bits per heavy atom. The SMILES string of the molecule is O=C(CCc1ccc(F)cc1)N1CCCN(C(=O)C(F)(F)F)CC1. The van der Waals surface area contributed by atoms with Gasteiger partial charge in [0.1, 0.15) is 5.82 Å².